The molecule has 3 nitrogen and oxygen atoms in total. The summed E-state index contributed by atoms with van der Waals surface area (Å²) < 4.78 is 0.746. The van der Waals surface area contributed by atoms with Gasteiger partial charge in [0.15, 0.2) is 0 Å². The maximum absolute atomic E-state index is 12.2. The topological polar surface area (TPSA) is 41.1 Å². The Kier molecular flexibility index (Phi) is 5.03. The van der Waals surface area contributed by atoms with Gasteiger partial charge >= 0.3 is 0 Å². The number of hydrogen-bond acceptors (Lipinski definition) is 2. The molecule has 5 heteroatoms. The molecule has 0 aromatic heterocycles. The van der Waals surface area contributed by atoms with Crippen LogP contribution in [0.3, 0.4) is 0 Å². The third-order valence-electron chi connectivity index (χ3n) is 3.08. The molecule has 98 valence electrons. The van der Waals surface area contributed by atoms with Gasteiger partial charge in [0, 0.05) is 17.1 Å². The summed E-state index contributed by atoms with van der Waals surface area (Å²) >= 11 is 9.44. The van der Waals surface area contributed by atoms with Crippen molar-refractivity contribution in [3.8, 4) is 0 Å². The second-order valence-corrected chi connectivity index (χ2v) is 5.70. The number of rotatable bonds is 2. The summed E-state index contributed by atoms with van der Waals surface area (Å²) in [5.74, 6) is -0.102. The first-order valence-electron chi connectivity index (χ1n) is 6.14. The summed E-state index contributed by atoms with van der Waals surface area (Å²) in [4.78, 5) is 12.2. The van der Waals surface area contributed by atoms with Gasteiger partial charge in [0.05, 0.1) is 10.6 Å². The van der Waals surface area contributed by atoms with Crippen molar-refractivity contribution in [3.05, 3.63) is 33.3 Å². The van der Waals surface area contributed by atoms with Crippen LogP contribution in [-0.2, 0) is 0 Å². The molecule has 1 aromatic carbocycles. The molecule has 0 aliphatic carbocycles. The van der Waals surface area contributed by atoms with Crippen molar-refractivity contribution >= 4 is 33.4 Å². The molecule has 1 heterocycles. The van der Waals surface area contributed by atoms with Crippen LogP contribution in [0.5, 0.6) is 0 Å². The highest BCUT2D eigenvalue weighted by Crippen LogP contribution is 2.26. The highest BCUT2D eigenvalue weighted by Gasteiger charge is 2.17. The summed E-state index contributed by atoms with van der Waals surface area (Å²) in [7, 11) is 0. The van der Waals surface area contributed by atoms with E-state index in [4.69, 9.17) is 11.6 Å². The van der Waals surface area contributed by atoms with E-state index in [1.165, 1.54) is 6.42 Å². The molecule has 1 unspecified atom stereocenters. The Balaban J connectivity index is 2.04. The van der Waals surface area contributed by atoms with Gasteiger partial charge in [0.25, 0.3) is 5.91 Å². The standard InChI is InChI=1S/C13H16BrClN2O/c14-11-6-3-5-10(12(11)15)13(18)17-9-4-1-2-7-16-8-9/h3,5-6,9,16H,1-2,4,7-8H2,(H,17,18). The minimum atomic E-state index is -0.102. The van der Waals surface area contributed by atoms with Gasteiger partial charge in [0.2, 0.25) is 0 Å². The lowest BCUT2D eigenvalue weighted by molar-refractivity contribution is 0.0935. The third kappa shape index (κ3) is 3.46. The fraction of sp³-hybridized carbons (Fsp3) is 0.462. The van der Waals surface area contributed by atoms with Crippen molar-refractivity contribution < 1.29 is 4.79 Å². The first kappa shape index (κ1) is 13.8. The summed E-state index contributed by atoms with van der Waals surface area (Å²) in [5.41, 5.74) is 0.523. The highest BCUT2D eigenvalue weighted by molar-refractivity contribution is 9.10. The van der Waals surface area contributed by atoms with Crippen molar-refractivity contribution in [2.24, 2.45) is 0 Å². The van der Waals surface area contributed by atoms with Crippen molar-refractivity contribution in [3.63, 3.8) is 0 Å². The van der Waals surface area contributed by atoms with E-state index in [0.29, 0.717) is 10.6 Å². The minimum absolute atomic E-state index is 0.102. The van der Waals surface area contributed by atoms with Gasteiger partial charge in [0.1, 0.15) is 0 Å². The molecule has 0 bridgehead atoms. The van der Waals surface area contributed by atoms with Crippen LogP contribution in [0, 0.1) is 0 Å². The molecule has 1 saturated heterocycles. The lowest BCUT2D eigenvalue weighted by Gasteiger charge is -2.17. The lowest BCUT2D eigenvalue weighted by atomic mass is 10.1. The number of carbonyl (C=O) groups is 1. The normalized spacial score (nSPS) is 20.2. The van der Waals surface area contributed by atoms with Crippen molar-refractivity contribution in [1.29, 1.82) is 0 Å². The molecular formula is C13H16BrClN2O. The van der Waals surface area contributed by atoms with E-state index < -0.39 is 0 Å². The van der Waals surface area contributed by atoms with Gasteiger partial charge in [-0.15, -0.1) is 0 Å². The molecule has 1 atom stereocenters. The molecule has 1 amide bonds. The van der Waals surface area contributed by atoms with Crippen molar-refractivity contribution in [1.82, 2.24) is 10.6 Å². The summed E-state index contributed by atoms with van der Waals surface area (Å²) in [6.07, 6.45) is 3.33. The van der Waals surface area contributed by atoms with Gasteiger partial charge in [-0.25, -0.2) is 0 Å². The largest absolute Gasteiger partial charge is 0.348 e. The van der Waals surface area contributed by atoms with E-state index >= 15 is 0 Å². The van der Waals surface area contributed by atoms with Gasteiger partial charge in [-0.05, 0) is 47.4 Å². The van der Waals surface area contributed by atoms with Gasteiger partial charge in [-0.1, -0.05) is 24.1 Å². The Bertz CT molecular complexity index is 431. The predicted octanol–water partition coefficient (Wildman–Crippen LogP) is 2.97. The number of benzene rings is 1. The summed E-state index contributed by atoms with van der Waals surface area (Å²) in [5, 5.41) is 6.83. The Morgan fingerprint density at radius 1 is 1.44 bits per heavy atom. The van der Waals surface area contributed by atoms with E-state index in [-0.39, 0.29) is 11.9 Å². The molecule has 0 spiro atoms. The molecule has 18 heavy (non-hydrogen) atoms. The van der Waals surface area contributed by atoms with E-state index in [9.17, 15) is 4.79 Å². The molecule has 0 saturated carbocycles. The van der Waals surface area contributed by atoms with Crippen LogP contribution >= 0.6 is 27.5 Å². The van der Waals surface area contributed by atoms with Gasteiger partial charge in [-0.3, -0.25) is 4.79 Å². The quantitative estimate of drug-likeness (QED) is 0.875. The maximum atomic E-state index is 12.2. The Morgan fingerprint density at radius 3 is 3.11 bits per heavy atom. The summed E-state index contributed by atoms with van der Waals surface area (Å²) in [6, 6.07) is 5.57. The first-order valence-corrected chi connectivity index (χ1v) is 7.31. The zero-order chi connectivity index (χ0) is 13.0. The second-order valence-electron chi connectivity index (χ2n) is 4.47. The molecule has 2 rings (SSSR count). The zero-order valence-electron chi connectivity index (χ0n) is 10.0. The molecule has 1 aliphatic rings. The van der Waals surface area contributed by atoms with Crippen LogP contribution in [-0.4, -0.2) is 25.0 Å². The monoisotopic (exact) mass is 330 g/mol. The first-order chi connectivity index (χ1) is 8.68. The molecule has 0 radical (unpaired) electrons. The van der Waals surface area contributed by atoms with Crippen LogP contribution in [0.15, 0.2) is 22.7 Å². The number of nitrogens with one attached hydrogen (secondary N) is 2. The van der Waals surface area contributed by atoms with Gasteiger partial charge in [-0.2, -0.15) is 0 Å². The predicted molar refractivity (Wildman–Crippen MR) is 77.1 cm³/mol. The van der Waals surface area contributed by atoms with Crippen LogP contribution in [0.25, 0.3) is 0 Å². The number of hydrogen-bond donors (Lipinski definition) is 2. The Hall–Kier alpha value is -0.580. The fourth-order valence-electron chi connectivity index (χ4n) is 2.08. The molecule has 1 aromatic rings. The van der Waals surface area contributed by atoms with E-state index in [1.807, 2.05) is 12.1 Å². The third-order valence-corrected chi connectivity index (χ3v) is 4.37. The van der Waals surface area contributed by atoms with Crippen molar-refractivity contribution in [2.45, 2.75) is 25.3 Å². The van der Waals surface area contributed by atoms with Crippen LogP contribution in [0.2, 0.25) is 5.02 Å². The van der Waals surface area contributed by atoms with E-state index in [1.54, 1.807) is 6.07 Å². The SMILES string of the molecule is O=C(NC1CCCCNC1)c1cccc(Br)c1Cl. The van der Waals surface area contributed by atoms with E-state index in [2.05, 4.69) is 26.6 Å². The number of halogens is 2. The van der Waals surface area contributed by atoms with Gasteiger partial charge < -0.3 is 10.6 Å². The number of carbonyl (C=O) groups excluding carboxylic acids is 1. The molecule has 1 fully saturated rings. The molecule has 2 N–H and O–H groups in total. The van der Waals surface area contributed by atoms with Crippen LogP contribution < -0.4 is 10.6 Å². The average Bonchev–Trinajstić information content (AvgIpc) is 2.61. The molecular weight excluding hydrogens is 316 g/mol. The maximum Gasteiger partial charge on any atom is 0.253 e. The lowest BCUT2D eigenvalue weighted by Crippen LogP contribution is -2.40. The second kappa shape index (κ2) is 6.55. The van der Waals surface area contributed by atoms with Crippen molar-refractivity contribution in [2.75, 3.05) is 13.1 Å². The summed E-state index contributed by atoms with van der Waals surface area (Å²) in [6.45, 7) is 1.86. The molecule has 1 aliphatic heterocycles. The Morgan fingerprint density at radius 2 is 2.28 bits per heavy atom. The smallest absolute Gasteiger partial charge is 0.253 e. The fourth-order valence-corrected chi connectivity index (χ4v) is 2.66. The highest BCUT2D eigenvalue weighted by atomic mass is 79.9. The zero-order valence-corrected chi connectivity index (χ0v) is 12.4. The van der Waals surface area contributed by atoms with Crippen LogP contribution in [0.1, 0.15) is 29.6 Å². The minimum Gasteiger partial charge on any atom is -0.348 e. The number of amides is 1. The van der Waals surface area contributed by atoms with E-state index in [0.717, 1.165) is 30.4 Å². The average molecular weight is 332 g/mol. The Labute approximate surface area is 120 Å². The van der Waals surface area contributed by atoms with Crippen LogP contribution in [0.4, 0.5) is 0 Å².